The normalized spacial score (nSPS) is 12.4. The van der Waals surface area contributed by atoms with Gasteiger partial charge in [-0.25, -0.2) is 8.42 Å². The van der Waals surface area contributed by atoms with Gasteiger partial charge in [-0.3, -0.25) is 9.59 Å². The molecule has 2 aromatic rings. The van der Waals surface area contributed by atoms with E-state index in [2.05, 4.69) is 5.32 Å². The lowest BCUT2D eigenvalue weighted by atomic mass is 9.97. The predicted molar refractivity (Wildman–Crippen MR) is 120 cm³/mol. The Labute approximate surface area is 184 Å². The molecule has 0 aromatic heterocycles. The first-order valence-electron chi connectivity index (χ1n) is 10.4. The number of sulfonamides is 1. The average molecular weight is 447 g/mol. The van der Waals surface area contributed by atoms with Crippen LogP contribution in [-0.2, 0) is 24.3 Å². The molecule has 0 saturated heterocycles. The summed E-state index contributed by atoms with van der Waals surface area (Å²) in [5.41, 5.74) is 1.90. The molecule has 0 saturated carbocycles. The van der Waals surface area contributed by atoms with Crippen LogP contribution in [-0.4, -0.2) is 44.3 Å². The third kappa shape index (κ3) is 6.15. The van der Waals surface area contributed by atoms with Gasteiger partial charge in [-0.05, 0) is 36.6 Å². The third-order valence-corrected chi connectivity index (χ3v) is 7.11. The maximum atomic E-state index is 12.7. The number of aryl methyl sites for hydroxylation is 1. The minimum Gasteiger partial charge on any atom is -0.455 e. The van der Waals surface area contributed by atoms with Crippen molar-refractivity contribution < 1.29 is 22.7 Å². The van der Waals surface area contributed by atoms with Gasteiger partial charge in [0.15, 0.2) is 6.61 Å². The van der Waals surface area contributed by atoms with E-state index in [9.17, 15) is 18.0 Å². The largest absolute Gasteiger partial charge is 0.455 e. The Hall–Kier alpha value is -2.71. The zero-order valence-corrected chi connectivity index (χ0v) is 19.2. The Bertz CT molecular complexity index is 1000. The Morgan fingerprint density at radius 1 is 1.03 bits per heavy atom. The summed E-state index contributed by atoms with van der Waals surface area (Å²) in [6, 6.07) is 13.8. The van der Waals surface area contributed by atoms with Crippen molar-refractivity contribution in [2.45, 2.75) is 44.9 Å². The molecule has 1 amide bonds. The molecule has 1 unspecified atom stereocenters. The van der Waals surface area contributed by atoms with Crippen molar-refractivity contribution in [1.82, 2.24) is 4.31 Å². The van der Waals surface area contributed by atoms with Crippen LogP contribution in [0.4, 0.5) is 5.69 Å². The number of esters is 1. The Kier molecular flexibility index (Phi) is 8.76. The molecule has 2 aromatic carbocycles. The summed E-state index contributed by atoms with van der Waals surface area (Å²) in [5.74, 6) is -1.45. The van der Waals surface area contributed by atoms with Gasteiger partial charge in [0.2, 0.25) is 10.0 Å². The third-order valence-electron chi connectivity index (χ3n) is 5.07. The van der Waals surface area contributed by atoms with Crippen LogP contribution < -0.4 is 5.32 Å². The molecule has 168 valence electrons. The summed E-state index contributed by atoms with van der Waals surface area (Å²) < 4.78 is 32.1. The van der Waals surface area contributed by atoms with Gasteiger partial charge in [-0.1, -0.05) is 57.2 Å². The number of carbonyl (C=O) groups excluding carboxylic acids is 2. The maximum Gasteiger partial charge on any atom is 0.313 e. The molecule has 7 nitrogen and oxygen atoms in total. The molecule has 0 spiro atoms. The lowest BCUT2D eigenvalue weighted by molar-refractivity contribution is -0.149. The highest BCUT2D eigenvalue weighted by Gasteiger charge is 2.23. The number of hydrogen-bond donors (Lipinski definition) is 1. The van der Waals surface area contributed by atoms with Crippen LogP contribution >= 0.6 is 0 Å². The van der Waals surface area contributed by atoms with Crippen molar-refractivity contribution in [1.29, 1.82) is 0 Å². The summed E-state index contributed by atoms with van der Waals surface area (Å²) in [6.07, 6.45) is 0.550. The smallest absolute Gasteiger partial charge is 0.313 e. The van der Waals surface area contributed by atoms with Gasteiger partial charge in [0, 0.05) is 18.8 Å². The number of ether oxygens (including phenoxy) is 1. The lowest BCUT2D eigenvalue weighted by Gasteiger charge is -2.19. The Morgan fingerprint density at radius 2 is 1.68 bits per heavy atom. The summed E-state index contributed by atoms with van der Waals surface area (Å²) in [7, 11) is -3.65. The van der Waals surface area contributed by atoms with Crippen molar-refractivity contribution in [3.05, 3.63) is 59.7 Å². The SMILES string of the molecule is CCC(C(=O)OCC(=O)Nc1cc(S(=O)(=O)N(CC)CC)ccc1C)c1ccccc1. The molecule has 0 heterocycles. The van der Waals surface area contributed by atoms with E-state index in [1.165, 1.54) is 16.4 Å². The van der Waals surface area contributed by atoms with Crippen LogP contribution in [0, 0.1) is 6.92 Å². The molecule has 1 N–H and O–H groups in total. The van der Waals surface area contributed by atoms with Crippen molar-refractivity contribution in [2.75, 3.05) is 25.0 Å². The minimum absolute atomic E-state index is 0.101. The molecule has 0 aliphatic rings. The van der Waals surface area contributed by atoms with E-state index >= 15 is 0 Å². The predicted octanol–water partition coefficient (Wildman–Crippen LogP) is 3.70. The van der Waals surface area contributed by atoms with Crippen LogP contribution in [0.2, 0.25) is 0 Å². The number of anilines is 1. The van der Waals surface area contributed by atoms with Gasteiger partial charge < -0.3 is 10.1 Å². The number of hydrogen-bond acceptors (Lipinski definition) is 5. The number of rotatable bonds is 10. The van der Waals surface area contributed by atoms with Gasteiger partial charge >= 0.3 is 5.97 Å². The summed E-state index contributed by atoms with van der Waals surface area (Å²) in [6.45, 7) is 7.43. The summed E-state index contributed by atoms with van der Waals surface area (Å²) >= 11 is 0. The van der Waals surface area contributed by atoms with E-state index < -0.39 is 34.4 Å². The number of carbonyl (C=O) groups is 2. The fourth-order valence-corrected chi connectivity index (χ4v) is 4.74. The molecule has 2 rings (SSSR count). The van der Waals surface area contributed by atoms with Crippen molar-refractivity contribution in [2.24, 2.45) is 0 Å². The van der Waals surface area contributed by atoms with Crippen molar-refractivity contribution in [3.8, 4) is 0 Å². The van der Waals surface area contributed by atoms with Crippen LogP contribution in [0.1, 0.15) is 44.2 Å². The van der Waals surface area contributed by atoms with Crippen LogP contribution in [0.5, 0.6) is 0 Å². The first-order chi connectivity index (χ1) is 14.7. The monoisotopic (exact) mass is 446 g/mol. The van der Waals surface area contributed by atoms with E-state index in [0.717, 1.165) is 5.56 Å². The molecule has 31 heavy (non-hydrogen) atoms. The first-order valence-corrected chi connectivity index (χ1v) is 11.8. The highest BCUT2D eigenvalue weighted by Crippen LogP contribution is 2.24. The van der Waals surface area contributed by atoms with Crippen molar-refractivity contribution >= 4 is 27.6 Å². The Morgan fingerprint density at radius 3 is 2.26 bits per heavy atom. The van der Waals surface area contributed by atoms with E-state index in [0.29, 0.717) is 30.8 Å². The standard InChI is InChI=1S/C23H30N2O5S/c1-5-20(18-11-9-8-10-12-18)23(27)30-16-22(26)24-21-15-19(14-13-17(21)4)31(28,29)25(6-2)7-3/h8-15,20H,5-7,16H2,1-4H3,(H,24,26). The van der Waals surface area contributed by atoms with Crippen LogP contribution in [0.25, 0.3) is 0 Å². The van der Waals surface area contributed by atoms with Gasteiger partial charge in [0.25, 0.3) is 5.91 Å². The second-order valence-electron chi connectivity index (χ2n) is 7.09. The first kappa shape index (κ1) is 24.6. The lowest BCUT2D eigenvalue weighted by Crippen LogP contribution is -2.30. The van der Waals surface area contributed by atoms with E-state index in [4.69, 9.17) is 4.74 Å². The summed E-state index contributed by atoms with van der Waals surface area (Å²) in [5, 5.41) is 2.65. The quantitative estimate of drug-likeness (QED) is 0.562. The zero-order chi connectivity index (χ0) is 23.0. The van der Waals surface area contributed by atoms with E-state index in [-0.39, 0.29) is 4.90 Å². The van der Waals surface area contributed by atoms with Crippen LogP contribution in [0.3, 0.4) is 0 Å². The fraction of sp³-hybridized carbons (Fsp3) is 0.391. The molecular formula is C23H30N2O5S. The van der Waals surface area contributed by atoms with Gasteiger partial charge in [0.1, 0.15) is 0 Å². The second-order valence-corrected chi connectivity index (χ2v) is 9.03. The Balaban J connectivity index is 2.08. The number of nitrogens with zero attached hydrogens (tertiary/aromatic N) is 1. The highest BCUT2D eigenvalue weighted by atomic mass is 32.2. The molecular weight excluding hydrogens is 416 g/mol. The van der Waals surface area contributed by atoms with Crippen molar-refractivity contribution in [3.63, 3.8) is 0 Å². The molecule has 0 radical (unpaired) electrons. The van der Waals surface area contributed by atoms with Gasteiger partial charge in [0.05, 0.1) is 10.8 Å². The van der Waals surface area contributed by atoms with Gasteiger partial charge in [-0.15, -0.1) is 0 Å². The number of nitrogens with one attached hydrogen (secondary N) is 1. The van der Waals surface area contributed by atoms with Crippen LogP contribution in [0.15, 0.2) is 53.4 Å². The minimum atomic E-state index is -3.65. The molecule has 0 aliphatic heterocycles. The topological polar surface area (TPSA) is 92.8 Å². The van der Waals surface area contributed by atoms with Gasteiger partial charge in [-0.2, -0.15) is 4.31 Å². The summed E-state index contributed by atoms with van der Waals surface area (Å²) in [4.78, 5) is 24.9. The van der Waals surface area contributed by atoms with E-state index in [1.807, 2.05) is 37.3 Å². The number of benzene rings is 2. The highest BCUT2D eigenvalue weighted by molar-refractivity contribution is 7.89. The zero-order valence-electron chi connectivity index (χ0n) is 18.4. The molecule has 8 heteroatoms. The maximum absolute atomic E-state index is 12.7. The molecule has 1 atom stereocenters. The van der Waals surface area contributed by atoms with E-state index in [1.54, 1.807) is 26.8 Å². The fourth-order valence-electron chi connectivity index (χ4n) is 3.26. The molecule has 0 fully saturated rings. The average Bonchev–Trinajstić information content (AvgIpc) is 2.75. The molecule has 0 bridgehead atoms. The number of amides is 1. The second kappa shape index (κ2) is 11.1. The molecule has 0 aliphatic carbocycles.